The second-order valence-electron chi connectivity index (χ2n) is 8.44. The molecule has 1 aliphatic carbocycles. The molecule has 2 heterocycles. The van der Waals surface area contributed by atoms with Crippen LogP contribution in [0.5, 0.6) is 0 Å². The lowest BCUT2D eigenvalue weighted by atomic mass is 10.1. The van der Waals surface area contributed by atoms with Gasteiger partial charge in [-0.05, 0) is 61.7 Å². The van der Waals surface area contributed by atoms with Gasteiger partial charge in [-0.2, -0.15) is 11.8 Å². The van der Waals surface area contributed by atoms with Gasteiger partial charge in [0.2, 0.25) is 0 Å². The van der Waals surface area contributed by atoms with E-state index in [1.165, 1.54) is 18.2 Å². The summed E-state index contributed by atoms with van der Waals surface area (Å²) in [6.45, 7) is 3.25. The molecule has 33 heavy (non-hydrogen) atoms. The summed E-state index contributed by atoms with van der Waals surface area (Å²) in [5.41, 5.74) is 2.08. The molecule has 0 spiro atoms. The molecule has 0 radical (unpaired) electrons. The molecule has 1 N–H and O–H groups in total. The highest BCUT2D eigenvalue weighted by Gasteiger charge is 2.48. The Morgan fingerprint density at radius 1 is 1.03 bits per heavy atom. The van der Waals surface area contributed by atoms with Crippen molar-refractivity contribution in [3.63, 3.8) is 0 Å². The monoisotopic (exact) mass is 485 g/mol. The number of carbonyl (C=O) groups is 3. The molecule has 2 aliphatic heterocycles. The molecule has 0 aromatic heterocycles. The van der Waals surface area contributed by atoms with E-state index in [4.69, 9.17) is 0 Å². The molecule has 8 nitrogen and oxygen atoms in total. The fraction of sp³-hybridized carbons (Fsp3) is 0.348. The van der Waals surface area contributed by atoms with Crippen molar-refractivity contribution < 1.29 is 22.8 Å². The van der Waals surface area contributed by atoms with Gasteiger partial charge in [0.1, 0.15) is 4.90 Å². The Labute approximate surface area is 196 Å². The molecular formula is C23H23N3O5S2. The van der Waals surface area contributed by atoms with Gasteiger partial charge in [-0.25, -0.2) is 12.7 Å². The summed E-state index contributed by atoms with van der Waals surface area (Å²) in [6.07, 6.45) is 1.33. The summed E-state index contributed by atoms with van der Waals surface area (Å²) in [5, 5.41) is 2.79. The Morgan fingerprint density at radius 3 is 2.39 bits per heavy atom. The number of hydrogen-bond donors (Lipinski definition) is 1. The standard InChI is InChI=1S/C23H23N3O5S2/c1-14-12-16(22(28)25-8-10-32-11-9-25)3-7-19(14)24-21(27)15-2-6-18-20(13-15)33(30,31)26(23(18)29)17-4-5-17/h2-3,6-7,12-13,17H,4-5,8-11H2,1H3,(H,24,27). The Kier molecular flexibility index (Phi) is 5.44. The van der Waals surface area contributed by atoms with Gasteiger partial charge in [0, 0.05) is 47.5 Å². The molecular weight excluding hydrogens is 462 g/mol. The molecule has 2 fully saturated rings. The summed E-state index contributed by atoms with van der Waals surface area (Å²) in [7, 11) is -3.94. The van der Waals surface area contributed by atoms with Crippen molar-refractivity contribution in [3.05, 3.63) is 58.7 Å². The molecule has 0 unspecified atom stereocenters. The first-order chi connectivity index (χ1) is 15.8. The van der Waals surface area contributed by atoms with E-state index in [0.29, 0.717) is 24.1 Å². The molecule has 3 amide bonds. The van der Waals surface area contributed by atoms with Crippen LogP contribution in [-0.4, -0.2) is 66.0 Å². The van der Waals surface area contributed by atoms with Crippen molar-refractivity contribution in [1.29, 1.82) is 0 Å². The number of thioether (sulfide) groups is 1. The largest absolute Gasteiger partial charge is 0.337 e. The van der Waals surface area contributed by atoms with E-state index in [9.17, 15) is 22.8 Å². The maximum absolute atomic E-state index is 12.9. The van der Waals surface area contributed by atoms with E-state index in [1.54, 1.807) is 25.1 Å². The fourth-order valence-corrected chi connectivity index (χ4v) is 6.88. The molecule has 2 aromatic carbocycles. The summed E-state index contributed by atoms with van der Waals surface area (Å²) in [6, 6.07) is 8.96. The smallest absolute Gasteiger partial charge is 0.269 e. The zero-order chi connectivity index (χ0) is 23.3. The van der Waals surface area contributed by atoms with E-state index in [2.05, 4.69) is 5.32 Å². The van der Waals surface area contributed by atoms with Crippen LogP contribution in [-0.2, 0) is 10.0 Å². The lowest BCUT2D eigenvalue weighted by Crippen LogP contribution is -2.37. The highest BCUT2D eigenvalue weighted by molar-refractivity contribution is 7.99. The minimum Gasteiger partial charge on any atom is -0.337 e. The van der Waals surface area contributed by atoms with Gasteiger partial charge in [-0.3, -0.25) is 14.4 Å². The summed E-state index contributed by atoms with van der Waals surface area (Å²) in [5.74, 6) is 0.826. The van der Waals surface area contributed by atoms with Gasteiger partial charge < -0.3 is 10.2 Å². The van der Waals surface area contributed by atoms with Crippen molar-refractivity contribution in [3.8, 4) is 0 Å². The number of rotatable bonds is 4. The third-order valence-corrected chi connectivity index (χ3v) is 8.93. The number of aryl methyl sites for hydroxylation is 1. The average molecular weight is 486 g/mol. The van der Waals surface area contributed by atoms with Crippen LogP contribution in [0.3, 0.4) is 0 Å². The topological polar surface area (TPSA) is 104 Å². The molecule has 5 rings (SSSR count). The Balaban J connectivity index is 1.35. The van der Waals surface area contributed by atoms with Crippen LogP contribution < -0.4 is 5.32 Å². The first kappa shape index (κ1) is 22.0. The van der Waals surface area contributed by atoms with E-state index >= 15 is 0 Å². The highest BCUT2D eigenvalue weighted by Crippen LogP contribution is 2.39. The SMILES string of the molecule is Cc1cc(C(=O)N2CCSCC2)ccc1NC(=O)c1ccc2c(c1)S(=O)(=O)N(C1CC1)C2=O. The number of fused-ring (bicyclic) bond motifs is 1. The van der Waals surface area contributed by atoms with Gasteiger partial charge in [-0.1, -0.05) is 0 Å². The number of hydrogen-bond acceptors (Lipinski definition) is 6. The van der Waals surface area contributed by atoms with E-state index in [0.717, 1.165) is 34.5 Å². The van der Waals surface area contributed by atoms with Gasteiger partial charge >= 0.3 is 0 Å². The molecule has 2 aromatic rings. The van der Waals surface area contributed by atoms with Crippen LogP contribution in [0, 0.1) is 6.92 Å². The van der Waals surface area contributed by atoms with Crippen LogP contribution in [0.2, 0.25) is 0 Å². The number of anilines is 1. The number of sulfonamides is 1. The first-order valence-electron chi connectivity index (χ1n) is 10.8. The van der Waals surface area contributed by atoms with Gasteiger partial charge in [0.05, 0.1) is 5.56 Å². The maximum Gasteiger partial charge on any atom is 0.269 e. The highest BCUT2D eigenvalue weighted by atomic mass is 32.2. The van der Waals surface area contributed by atoms with Gasteiger partial charge in [-0.15, -0.1) is 0 Å². The van der Waals surface area contributed by atoms with E-state index in [-0.39, 0.29) is 28.0 Å². The predicted molar refractivity (Wildman–Crippen MR) is 125 cm³/mol. The lowest BCUT2D eigenvalue weighted by molar-refractivity contribution is 0.0771. The van der Waals surface area contributed by atoms with Crippen LogP contribution >= 0.6 is 11.8 Å². The van der Waals surface area contributed by atoms with Crippen LogP contribution in [0.1, 0.15) is 49.5 Å². The summed E-state index contributed by atoms with van der Waals surface area (Å²) < 4.78 is 26.6. The van der Waals surface area contributed by atoms with Crippen LogP contribution in [0.4, 0.5) is 5.69 Å². The quantitative estimate of drug-likeness (QED) is 0.714. The summed E-state index contributed by atoms with van der Waals surface area (Å²) >= 11 is 1.83. The van der Waals surface area contributed by atoms with Crippen molar-refractivity contribution in [1.82, 2.24) is 9.21 Å². The first-order valence-corrected chi connectivity index (χ1v) is 13.4. The Bertz CT molecular complexity index is 1280. The van der Waals surface area contributed by atoms with E-state index < -0.39 is 21.8 Å². The van der Waals surface area contributed by atoms with Crippen LogP contribution in [0.25, 0.3) is 0 Å². The number of benzene rings is 2. The number of nitrogens with one attached hydrogen (secondary N) is 1. The summed E-state index contributed by atoms with van der Waals surface area (Å²) in [4.78, 5) is 39.8. The molecule has 3 aliphatic rings. The molecule has 0 atom stereocenters. The second-order valence-corrected chi connectivity index (χ2v) is 11.4. The minimum atomic E-state index is -3.94. The van der Waals surface area contributed by atoms with E-state index in [1.807, 2.05) is 16.7 Å². The third kappa shape index (κ3) is 3.91. The molecule has 172 valence electrons. The lowest BCUT2D eigenvalue weighted by Gasteiger charge is -2.26. The van der Waals surface area contributed by atoms with Crippen molar-refractivity contribution >= 4 is 45.2 Å². The normalized spacial score (nSPS) is 19.4. The predicted octanol–water partition coefficient (Wildman–Crippen LogP) is 2.74. The molecule has 0 bridgehead atoms. The zero-order valence-corrected chi connectivity index (χ0v) is 19.7. The van der Waals surface area contributed by atoms with Crippen LogP contribution in [0.15, 0.2) is 41.3 Å². The van der Waals surface area contributed by atoms with Crippen molar-refractivity contribution in [2.45, 2.75) is 30.7 Å². The minimum absolute atomic E-state index is 0.0232. The van der Waals surface area contributed by atoms with Crippen molar-refractivity contribution in [2.24, 2.45) is 0 Å². The van der Waals surface area contributed by atoms with Crippen molar-refractivity contribution in [2.75, 3.05) is 29.9 Å². The maximum atomic E-state index is 12.9. The zero-order valence-electron chi connectivity index (χ0n) is 18.0. The third-order valence-electron chi connectivity index (χ3n) is 6.11. The average Bonchev–Trinajstić information content (AvgIpc) is 3.61. The fourth-order valence-electron chi connectivity index (χ4n) is 4.14. The second kappa shape index (κ2) is 8.18. The Morgan fingerprint density at radius 2 is 1.73 bits per heavy atom. The molecule has 10 heteroatoms. The van der Waals surface area contributed by atoms with Gasteiger partial charge in [0.15, 0.2) is 0 Å². The van der Waals surface area contributed by atoms with Gasteiger partial charge in [0.25, 0.3) is 27.7 Å². The molecule has 1 saturated carbocycles. The number of nitrogens with zero attached hydrogens (tertiary/aromatic N) is 2. The Hall–Kier alpha value is -2.85. The molecule has 1 saturated heterocycles. The number of carbonyl (C=O) groups excluding carboxylic acids is 3. The number of amides is 3.